The number of nitrogens with zero attached hydrogens (tertiary/aromatic N) is 2. The second-order valence-corrected chi connectivity index (χ2v) is 8.49. The van der Waals surface area contributed by atoms with Crippen molar-refractivity contribution in [1.29, 1.82) is 0 Å². The van der Waals surface area contributed by atoms with E-state index in [0.29, 0.717) is 6.42 Å². The van der Waals surface area contributed by atoms with Crippen LogP contribution in [0.2, 0.25) is 0 Å². The Kier molecular flexibility index (Phi) is 9.14. The Bertz CT molecular complexity index is 960. The number of aryl methyl sites for hydroxylation is 3. The molecule has 0 unspecified atom stereocenters. The average molecular weight is 420 g/mol. The largest absolute Gasteiger partial charge is 0.356 e. The fourth-order valence-corrected chi connectivity index (χ4v) is 4.12. The summed E-state index contributed by atoms with van der Waals surface area (Å²) in [7, 11) is 0. The number of carbonyl (C=O) groups excluding carboxylic acids is 1. The van der Waals surface area contributed by atoms with Crippen LogP contribution in [0.5, 0.6) is 0 Å². The molecule has 0 saturated heterocycles. The lowest BCUT2D eigenvalue weighted by molar-refractivity contribution is -0.120. The molecular formula is C27H37N3O. The van der Waals surface area contributed by atoms with Crippen molar-refractivity contribution in [3.05, 3.63) is 65.5 Å². The van der Waals surface area contributed by atoms with E-state index in [1.807, 2.05) is 18.2 Å². The van der Waals surface area contributed by atoms with Crippen molar-refractivity contribution < 1.29 is 4.79 Å². The summed E-state index contributed by atoms with van der Waals surface area (Å²) in [4.78, 5) is 17.1. The van der Waals surface area contributed by atoms with Gasteiger partial charge in [-0.25, -0.2) is 4.98 Å². The van der Waals surface area contributed by atoms with Gasteiger partial charge in [0, 0.05) is 19.5 Å². The number of carbonyl (C=O) groups is 1. The van der Waals surface area contributed by atoms with Gasteiger partial charge in [-0.15, -0.1) is 0 Å². The van der Waals surface area contributed by atoms with Gasteiger partial charge in [-0.2, -0.15) is 0 Å². The molecule has 1 aromatic heterocycles. The summed E-state index contributed by atoms with van der Waals surface area (Å²) in [6.45, 7) is 6.12. The maximum Gasteiger partial charge on any atom is 0.224 e. The summed E-state index contributed by atoms with van der Waals surface area (Å²) in [5.74, 6) is 1.32. The van der Waals surface area contributed by atoms with Crippen LogP contribution in [-0.4, -0.2) is 22.0 Å². The van der Waals surface area contributed by atoms with Gasteiger partial charge in [-0.05, 0) is 49.4 Å². The zero-order valence-electron chi connectivity index (χ0n) is 19.2. The number of rotatable bonds is 13. The van der Waals surface area contributed by atoms with Gasteiger partial charge in [0.1, 0.15) is 5.82 Å². The molecule has 31 heavy (non-hydrogen) atoms. The molecular weight excluding hydrogens is 382 g/mol. The van der Waals surface area contributed by atoms with Crippen molar-refractivity contribution in [3.8, 4) is 0 Å². The van der Waals surface area contributed by atoms with Gasteiger partial charge in [0.15, 0.2) is 0 Å². The minimum atomic E-state index is 0.114. The molecule has 0 radical (unpaired) electrons. The molecule has 3 rings (SSSR count). The highest BCUT2D eigenvalue weighted by Gasteiger charge is 2.10. The first-order chi connectivity index (χ1) is 15.2. The molecule has 4 nitrogen and oxygen atoms in total. The third kappa shape index (κ3) is 6.95. The number of nitrogens with one attached hydrogen (secondary N) is 1. The second-order valence-electron chi connectivity index (χ2n) is 8.49. The van der Waals surface area contributed by atoms with E-state index in [-0.39, 0.29) is 5.91 Å². The lowest BCUT2D eigenvalue weighted by Gasteiger charge is -2.10. The zero-order chi connectivity index (χ0) is 21.9. The number of hydrogen-bond acceptors (Lipinski definition) is 2. The minimum absolute atomic E-state index is 0.114. The van der Waals surface area contributed by atoms with E-state index in [9.17, 15) is 4.79 Å². The molecule has 0 bridgehead atoms. The summed E-state index contributed by atoms with van der Waals surface area (Å²) in [6.07, 6.45) is 9.75. The lowest BCUT2D eigenvalue weighted by atomic mass is 10.1. The van der Waals surface area contributed by atoms with Crippen LogP contribution < -0.4 is 5.32 Å². The Morgan fingerprint density at radius 2 is 1.71 bits per heavy atom. The van der Waals surface area contributed by atoms with Gasteiger partial charge in [0.2, 0.25) is 5.91 Å². The number of para-hydroxylation sites is 2. The maximum atomic E-state index is 12.2. The Balaban J connectivity index is 1.42. The van der Waals surface area contributed by atoms with Crippen molar-refractivity contribution in [2.75, 3.05) is 6.54 Å². The number of benzene rings is 2. The number of hydrogen-bond donors (Lipinski definition) is 1. The molecule has 1 amide bonds. The highest BCUT2D eigenvalue weighted by atomic mass is 16.1. The summed E-state index contributed by atoms with van der Waals surface area (Å²) in [5.41, 5.74) is 4.65. The fourth-order valence-electron chi connectivity index (χ4n) is 4.12. The molecule has 3 aromatic rings. The quantitative estimate of drug-likeness (QED) is 0.346. The molecule has 0 atom stereocenters. The molecule has 0 aliphatic rings. The van der Waals surface area contributed by atoms with Crippen molar-refractivity contribution in [2.45, 2.75) is 78.2 Å². The van der Waals surface area contributed by atoms with Crippen LogP contribution in [0, 0.1) is 6.92 Å². The molecule has 166 valence electrons. The molecule has 2 aromatic carbocycles. The average Bonchev–Trinajstić information content (AvgIpc) is 3.12. The Labute approximate surface area is 187 Å². The Morgan fingerprint density at radius 1 is 0.935 bits per heavy atom. The summed E-state index contributed by atoms with van der Waals surface area (Å²) < 4.78 is 2.43. The van der Waals surface area contributed by atoms with E-state index in [2.05, 4.69) is 54.1 Å². The van der Waals surface area contributed by atoms with Gasteiger partial charge < -0.3 is 9.88 Å². The van der Waals surface area contributed by atoms with Gasteiger partial charge in [-0.1, -0.05) is 69.0 Å². The third-order valence-corrected chi connectivity index (χ3v) is 5.98. The number of imidazole rings is 1. The van der Waals surface area contributed by atoms with Crippen molar-refractivity contribution >= 4 is 16.9 Å². The predicted molar refractivity (Wildman–Crippen MR) is 129 cm³/mol. The van der Waals surface area contributed by atoms with Gasteiger partial charge in [-0.3, -0.25) is 4.79 Å². The summed E-state index contributed by atoms with van der Waals surface area (Å²) in [6, 6.07) is 16.6. The summed E-state index contributed by atoms with van der Waals surface area (Å²) in [5, 5.41) is 3.07. The molecule has 0 saturated carbocycles. The van der Waals surface area contributed by atoms with Gasteiger partial charge >= 0.3 is 0 Å². The van der Waals surface area contributed by atoms with E-state index in [1.54, 1.807) is 0 Å². The number of fused-ring (bicyclic) bond motifs is 1. The highest BCUT2D eigenvalue weighted by Crippen LogP contribution is 2.19. The Morgan fingerprint density at radius 3 is 2.55 bits per heavy atom. The summed E-state index contributed by atoms with van der Waals surface area (Å²) >= 11 is 0. The number of unbranched alkanes of at least 4 members (excludes halogenated alkanes) is 5. The molecule has 0 fully saturated rings. The standard InChI is InChI=1S/C27H37N3O/c1-3-4-5-13-20-30-25-17-11-10-16-24(25)29-26(30)18-7-6-12-19-28-27(31)21-23-15-9-8-14-22(23)2/h8-11,14-17H,3-7,12-13,18-21H2,1-2H3,(H,28,31). The molecule has 0 aliphatic heterocycles. The molecule has 0 aliphatic carbocycles. The minimum Gasteiger partial charge on any atom is -0.356 e. The van der Waals surface area contributed by atoms with E-state index in [0.717, 1.165) is 49.9 Å². The van der Waals surface area contributed by atoms with Crippen LogP contribution in [0.25, 0.3) is 11.0 Å². The Hall–Kier alpha value is -2.62. The van der Waals surface area contributed by atoms with Gasteiger partial charge in [0.25, 0.3) is 0 Å². The second kappa shape index (κ2) is 12.3. The highest BCUT2D eigenvalue weighted by molar-refractivity contribution is 5.78. The monoisotopic (exact) mass is 419 g/mol. The van der Waals surface area contributed by atoms with Crippen LogP contribution in [0.3, 0.4) is 0 Å². The smallest absolute Gasteiger partial charge is 0.224 e. The SMILES string of the molecule is CCCCCCn1c(CCCCCNC(=O)Cc2ccccc2C)nc2ccccc21. The van der Waals surface area contributed by atoms with Crippen molar-refractivity contribution in [2.24, 2.45) is 0 Å². The lowest BCUT2D eigenvalue weighted by Crippen LogP contribution is -2.26. The van der Waals surface area contributed by atoms with Crippen LogP contribution in [-0.2, 0) is 24.2 Å². The predicted octanol–water partition coefficient (Wildman–Crippen LogP) is 6.00. The molecule has 4 heteroatoms. The van der Waals surface area contributed by atoms with Crippen LogP contribution >= 0.6 is 0 Å². The van der Waals surface area contributed by atoms with Crippen LogP contribution in [0.4, 0.5) is 0 Å². The van der Waals surface area contributed by atoms with Crippen molar-refractivity contribution in [3.63, 3.8) is 0 Å². The number of amides is 1. The molecule has 0 spiro atoms. The van der Waals surface area contributed by atoms with E-state index >= 15 is 0 Å². The number of aromatic nitrogens is 2. The van der Waals surface area contributed by atoms with Crippen molar-refractivity contribution in [1.82, 2.24) is 14.9 Å². The fraction of sp³-hybridized carbons (Fsp3) is 0.481. The molecule has 1 N–H and O–H groups in total. The van der Waals surface area contributed by atoms with E-state index < -0.39 is 0 Å². The van der Waals surface area contributed by atoms with E-state index in [4.69, 9.17) is 4.98 Å². The first kappa shape index (κ1) is 23.1. The third-order valence-electron chi connectivity index (χ3n) is 5.98. The molecule has 1 heterocycles. The van der Waals surface area contributed by atoms with Crippen LogP contribution in [0.1, 0.15) is 68.8 Å². The zero-order valence-corrected chi connectivity index (χ0v) is 19.2. The van der Waals surface area contributed by atoms with Gasteiger partial charge in [0.05, 0.1) is 17.5 Å². The first-order valence-electron chi connectivity index (χ1n) is 11.9. The first-order valence-corrected chi connectivity index (χ1v) is 11.9. The van der Waals surface area contributed by atoms with E-state index in [1.165, 1.54) is 42.6 Å². The van der Waals surface area contributed by atoms with Crippen LogP contribution in [0.15, 0.2) is 48.5 Å². The topological polar surface area (TPSA) is 46.9 Å². The normalized spacial score (nSPS) is 11.2. The maximum absolute atomic E-state index is 12.2.